The lowest BCUT2D eigenvalue weighted by Crippen LogP contribution is -2.24. The fraction of sp³-hybridized carbons (Fsp3) is 0.0556. The van der Waals surface area contributed by atoms with E-state index in [2.05, 4.69) is 152 Å². The molecule has 0 saturated heterocycles. The van der Waals surface area contributed by atoms with Gasteiger partial charge < -0.3 is 0 Å². The van der Waals surface area contributed by atoms with Crippen LogP contribution in [0, 0.1) is 5.92 Å². The summed E-state index contributed by atoms with van der Waals surface area (Å²) in [6, 6.07) is 44.9. The molecule has 0 fully saturated rings. The van der Waals surface area contributed by atoms with Gasteiger partial charge in [0.05, 0.1) is 0 Å². The molecule has 5 aromatic rings. The minimum atomic E-state index is -0.716. The van der Waals surface area contributed by atoms with Gasteiger partial charge >= 0.3 is 0 Å². The first-order chi connectivity index (χ1) is 18.4. The quantitative estimate of drug-likeness (QED) is 0.225. The molecular weight excluding hydrogens is 463 g/mol. The fourth-order valence-corrected chi connectivity index (χ4v) is 8.57. The molecule has 0 heterocycles. The van der Waals surface area contributed by atoms with E-state index in [4.69, 9.17) is 0 Å². The topological polar surface area (TPSA) is 0 Å². The van der Waals surface area contributed by atoms with Gasteiger partial charge in [0.15, 0.2) is 0 Å². The molecule has 0 N–H and O–H groups in total. The highest BCUT2D eigenvalue weighted by atomic mass is 31.1. The molecular formula is C36H27P. The predicted molar refractivity (Wildman–Crippen MR) is 161 cm³/mol. The number of allylic oxidation sites excluding steroid dienone is 5. The molecule has 176 valence electrons. The molecule has 0 bridgehead atoms. The Labute approximate surface area is 220 Å². The van der Waals surface area contributed by atoms with Crippen molar-refractivity contribution >= 4 is 40.7 Å². The van der Waals surface area contributed by atoms with Crippen molar-refractivity contribution in [3.05, 3.63) is 168 Å². The lowest BCUT2D eigenvalue weighted by atomic mass is 9.69. The third-order valence-corrected chi connectivity index (χ3v) is 10.1. The highest BCUT2D eigenvalue weighted by Crippen LogP contribution is 2.47. The lowest BCUT2D eigenvalue weighted by molar-refractivity contribution is 0.656. The van der Waals surface area contributed by atoms with Crippen LogP contribution in [0.2, 0.25) is 0 Å². The maximum atomic E-state index is 2.39. The molecule has 0 radical (unpaired) electrons. The van der Waals surface area contributed by atoms with Gasteiger partial charge in [0, 0.05) is 11.8 Å². The number of hydrogen-bond donors (Lipinski definition) is 0. The Kier molecular flexibility index (Phi) is 5.69. The first-order valence-electron chi connectivity index (χ1n) is 13.0. The summed E-state index contributed by atoms with van der Waals surface area (Å²) in [7, 11) is -0.716. The van der Waals surface area contributed by atoms with E-state index < -0.39 is 7.92 Å². The van der Waals surface area contributed by atoms with Gasteiger partial charge in [0.1, 0.15) is 0 Å². The smallest absolute Gasteiger partial charge is 0.0205 e. The van der Waals surface area contributed by atoms with E-state index >= 15 is 0 Å². The van der Waals surface area contributed by atoms with E-state index in [9.17, 15) is 0 Å². The zero-order valence-corrected chi connectivity index (χ0v) is 21.4. The van der Waals surface area contributed by atoms with Crippen LogP contribution in [0.25, 0.3) is 16.8 Å². The molecule has 0 amide bonds. The van der Waals surface area contributed by atoms with Crippen molar-refractivity contribution in [1.82, 2.24) is 0 Å². The zero-order valence-electron chi connectivity index (χ0n) is 20.5. The van der Waals surface area contributed by atoms with Crippen LogP contribution < -0.4 is 15.9 Å². The second-order valence-corrected chi connectivity index (χ2v) is 11.9. The number of fused-ring (bicyclic) bond motifs is 3. The van der Waals surface area contributed by atoms with Crippen LogP contribution >= 0.6 is 7.92 Å². The van der Waals surface area contributed by atoms with Gasteiger partial charge in [-0.1, -0.05) is 152 Å². The van der Waals surface area contributed by atoms with Gasteiger partial charge in [-0.3, -0.25) is 0 Å². The van der Waals surface area contributed by atoms with E-state index in [-0.39, 0.29) is 5.92 Å². The molecule has 2 unspecified atom stereocenters. The average Bonchev–Trinajstić information content (AvgIpc) is 2.97. The molecule has 2 aliphatic rings. The minimum absolute atomic E-state index is 0.269. The average molecular weight is 491 g/mol. The molecule has 2 aliphatic carbocycles. The van der Waals surface area contributed by atoms with E-state index in [1.165, 1.54) is 48.9 Å². The van der Waals surface area contributed by atoms with Crippen molar-refractivity contribution in [3.63, 3.8) is 0 Å². The first kappa shape index (κ1) is 22.2. The summed E-state index contributed by atoms with van der Waals surface area (Å²) in [6.07, 6.45) is 11.5. The van der Waals surface area contributed by atoms with Gasteiger partial charge in [-0.2, -0.15) is 0 Å². The highest BCUT2D eigenvalue weighted by Gasteiger charge is 2.33. The maximum Gasteiger partial charge on any atom is 0.0205 e. The lowest BCUT2D eigenvalue weighted by Gasteiger charge is -2.35. The van der Waals surface area contributed by atoms with Gasteiger partial charge in [-0.05, 0) is 56.9 Å². The first-order valence-corrected chi connectivity index (χ1v) is 14.3. The molecule has 0 spiro atoms. The maximum absolute atomic E-state index is 2.39. The van der Waals surface area contributed by atoms with Gasteiger partial charge in [0.25, 0.3) is 0 Å². The minimum Gasteiger partial charge on any atom is -0.0761 e. The van der Waals surface area contributed by atoms with Gasteiger partial charge in [-0.25, -0.2) is 0 Å². The predicted octanol–water partition coefficient (Wildman–Crippen LogP) is 7.87. The van der Waals surface area contributed by atoms with Crippen LogP contribution in [-0.2, 0) is 0 Å². The zero-order chi connectivity index (χ0) is 24.6. The Morgan fingerprint density at radius 3 is 1.95 bits per heavy atom. The number of benzene rings is 5. The van der Waals surface area contributed by atoms with Crippen molar-refractivity contribution in [3.8, 4) is 0 Å². The molecule has 0 saturated carbocycles. The number of rotatable bonds is 4. The third kappa shape index (κ3) is 3.90. The molecule has 37 heavy (non-hydrogen) atoms. The Hall–Kier alpha value is -3.99. The molecule has 5 aromatic carbocycles. The Morgan fingerprint density at radius 2 is 1.19 bits per heavy atom. The van der Waals surface area contributed by atoms with Crippen molar-refractivity contribution in [2.45, 2.75) is 5.92 Å². The van der Waals surface area contributed by atoms with Gasteiger partial charge in [0.2, 0.25) is 0 Å². The summed E-state index contributed by atoms with van der Waals surface area (Å²) in [5.41, 5.74) is 5.58. The van der Waals surface area contributed by atoms with Crippen molar-refractivity contribution in [1.29, 1.82) is 0 Å². The fourth-order valence-electron chi connectivity index (χ4n) is 6.06. The van der Waals surface area contributed by atoms with E-state index in [1.54, 1.807) is 0 Å². The Balaban J connectivity index is 1.52. The standard InChI is InChI=1S/C36H27P/c1-3-17-29(18-4-1)37(30-19-5-2-6-20-30)34-24-12-16-26-15-11-23-33(35(26)34)36-31-21-9-7-13-27(31)25-28-14-8-10-22-32(28)36/h1-25,31,36H. The second-order valence-electron chi connectivity index (χ2n) is 9.75. The van der Waals surface area contributed by atoms with Crippen LogP contribution in [-0.4, -0.2) is 0 Å². The summed E-state index contributed by atoms with van der Waals surface area (Å²) in [5, 5.41) is 6.93. The molecule has 2 atom stereocenters. The van der Waals surface area contributed by atoms with Gasteiger partial charge in [-0.15, -0.1) is 0 Å². The van der Waals surface area contributed by atoms with Crippen LogP contribution in [0.1, 0.15) is 22.6 Å². The SMILES string of the molecule is C1=CC2=Cc3ccccc3C(c3cccc4cccc(P(c5ccccc5)c5ccccc5)c34)C2C=C1. The monoisotopic (exact) mass is 490 g/mol. The van der Waals surface area contributed by atoms with Crippen molar-refractivity contribution in [2.24, 2.45) is 5.92 Å². The summed E-state index contributed by atoms with van der Waals surface area (Å²) in [6.45, 7) is 0. The normalized spacial score (nSPS) is 17.9. The summed E-state index contributed by atoms with van der Waals surface area (Å²) in [4.78, 5) is 0. The van der Waals surface area contributed by atoms with E-state index in [1.807, 2.05) is 0 Å². The van der Waals surface area contributed by atoms with Crippen LogP contribution in [0.15, 0.2) is 151 Å². The third-order valence-electron chi connectivity index (χ3n) is 7.64. The Bertz CT molecular complexity index is 1630. The molecule has 0 aromatic heterocycles. The van der Waals surface area contributed by atoms with E-state index in [0.29, 0.717) is 5.92 Å². The molecule has 0 nitrogen and oxygen atoms in total. The van der Waals surface area contributed by atoms with Crippen LogP contribution in [0.3, 0.4) is 0 Å². The highest BCUT2D eigenvalue weighted by molar-refractivity contribution is 7.80. The summed E-state index contributed by atoms with van der Waals surface area (Å²) in [5.74, 6) is 0.601. The molecule has 1 heteroatoms. The van der Waals surface area contributed by atoms with Crippen molar-refractivity contribution in [2.75, 3.05) is 0 Å². The number of hydrogen-bond acceptors (Lipinski definition) is 0. The summed E-state index contributed by atoms with van der Waals surface area (Å²) >= 11 is 0. The largest absolute Gasteiger partial charge is 0.0761 e. The van der Waals surface area contributed by atoms with Crippen molar-refractivity contribution < 1.29 is 0 Å². The second kappa shape index (κ2) is 9.47. The molecule has 0 aliphatic heterocycles. The van der Waals surface area contributed by atoms with Crippen LogP contribution in [0.5, 0.6) is 0 Å². The van der Waals surface area contributed by atoms with Crippen LogP contribution in [0.4, 0.5) is 0 Å². The summed E-state index contributed by atoms with van der Waals surface area (Å²) < 4.78 is 0. The Morgan fingerprint density at radius 1 is 0.541 bits per heavy atom. The molecule has 7 rings (SSSR count). The van der Waals surface area contributed by atoms with E-state index in [0.717, 1.165) is 0 Å².